The molecule has 1 unspecified atom stereocenters. The zero-order valence-corrected chi connectivity index (χ0v) is 16.9. The molecule has 1 N–H and O–H groups in total. The highest BCUT2D eigenvalue weighted by atomic mass is 16.5. The van der Waals surface area contributed by atoms with E-state index in [0.29, 0.717) is 6.42 Å². The number of aromatic amines is 1. The third-order valence-electron chi connectivity index (χ3n) is 5.60. The van der Waals surface area contributed by atoms with Crippen molar-refractivity contribution in [3.63, 3.8) is 0 Å². The Morgan fingerprint density at radius 2 is 2.20 bits per heavy atom. The van der Waals surface area contributed by atoms with Crippen LogP contribution in [0.2, 0.25) is 0 Å². The maximum Gasteiger partial charge on any atom is 0.155 e. The highest BCUT2D eigenvalue weighted by molar-refractivity contribution is 5.35. The second-order valence-corrected chi connectivity index (χ2v) is 7.52. The van der Waals surface area contributed by atoms with Crippen LogP contribution in [0.3, 0.4) is 0 Å². The first kappa shape index (κ1) is 18.5. The fourth-order valence-corrected chi connectivity index (χ4v) is 4.06. The van der Waals surface area contributed by atoms with Crippen molar-refractivity contribution >= 4 is 0 Å². The average molecular weight is 404 g/mol. The van der Waals surface area contributed by atoms with E-state index < -0.39 is 0 Å². The quantitative estimate of drug-likeness (QED) is 0.507. The summed E-state index contributed by atoms with van der Waals surface area (Å²) in [6.07, 6.45) is 8.55. The van der Waals surface area contributed by atoms with Crippen LogP contribution in [0, 0.1) is 0 Å². The van der Waals surface area contributed by atoms with E-state index in [-0.39, 0.29) is 5.92 Å². The fourth-order valence-electron chi connectivity index (χ4n) is 4.06. The molecular weight excluding hydrogens is 380 g/mol. The first-order chi connectivity index (χ1) is 14.8. The summed E-state index contributed by atoms with van der Waals surface area (Å²) in [5.41, 5.74) is 2.17. The van der Waals surface area contributed by atoms with Crippen molar-refractivity contribution in [3.8, 4) is 5.75 Å². The molecule has 0 aliphatic carbocycles. The third-order valence-corrected chi connectivity index (χ3v) is 5.60. The molecule has 0 amide bonds. The van der Waals surface area contributed by atoms with Crippen LogP contribution in [0.15, 0.2) is 43.1 Å². The lowest BCUT2D eigenvalue weighted by Gasteiger charge is -2.22. The van der Waals surface area contributed by atoms with Gasteiger partial charge in [0.15, 0.2) is 5.82 Å². The van der Waals surface area contributed by atoms with E-state index >= 15 is 0 Å². The van der Waals surface area contributed by atoms with E-state index in [4.69, 9.17) is 14.8 Å². The molecule has 4 aromatic rings. The second-order valence-electron chi connectivity index (χ2n) is 7.52. The molecule has 5 rings (SSSR count). The van der Waals surface area contributed by atoms with Crippen LogP contribution >= 0.6 is 0 Å². The molecule has 1 atom stereocenters. The molecule has 154 valence electrons. The smallest absolute Gasteiger partial charge is 0.155 e. The Hall–Kier alpha value is -3.49. The summed E-state index contributed by atoms with van der Waals surface area (Å²) in [4.78, 5) is 16.6. The number of ether oxygens (including phenoxy) is 1. The lowest BCUT2D eigenvalue weighted by molar-refractivity contribution is 0.391. The SMILES string of the molecule is COc1ccccc1Cc1nc(C2CCc3ncnn3C2)n(CCc2cnc[nH]2)n1. The molecule has 1 aliphatic rings. The normalized spacial score (nSPS) is 15.8. The molecule has 0 saturated carbocycles. The molecule has 9 nitrogen and oxygen atoms in total. The summed E-state index contributed by atoms with van der Waals surface area (Å²) in [6, 6.07) is 8.02. The Kier molecular flexibility index (Phi) is 5.00. The summed E-state index contributed by atoms with van der Waals surface area (Å²) in [5.74, 6) is 3.99. The van der Waals surface area contributed by atoms with Crippen molar-refractivity contribution in [2.75, 3.05) is 7.11 Å². The Bertz CT molecular complexity index is 1110. The first-order valence-electron chi connectivity index (χ1n) is 10.2. The summed E-state index contributed by atoms with van der Waals surface area (Å²) >= 11 is 0. The standard InChI is InChI=1S/C21H24N8O/c1-30-18-5-3-2-4-15(18)10-19-26-21(16-6-7-20-24-14-25-29(20)12-16)28(27-19)9-8-17-11-22-13-23-17/h2-5,11,13-14,16H,6-10,12H2,1H3,(H,22,23). The number of methoxy groups -OCH3 is 1. The van der Waals surface area contributed by atoms with Crippen molar-refractivity contribution in [2.24, 2.45) is 0 Å². The zero-order valence-electron chi connectivity index (χ0n) is 16.9. The van der Waals surface area contributed by atoms with Crippen molar-refractivity contribution in [3.05, 3.63) is 71.8 Å². The van der Waals surface area contributed by atoms with Crippen molar-refractivity contribution in [1.29, 1.82) is 0 Å². The molecule has 0 radical (unpaired) electrons. The van der Waals surface area contributed by atoms with Gasteiger partial charge >= 0.3 is 0 Å². The Morgan fingerprint density at radius 3 is 3.07 bits per heavy atom. The van der Waals surface area contributed by atoms with Crippen molar-refractivity contribution in [1.82, 2.24) is 39.5 Å². The number of nitrogens with zero attached hydrogens (tertiary/aromatic N) is 7. The number of para-hydroxylation sites is 1. The van der Waals surface area contributed by atoms with E-state index in [0.717, 1.165) is 66.8 Å². The topological polar surface area (TPSA) is 99.3 Å². The maximum absolute atomic E-state index is 5.51. The van der Waals surface area contributed by atoms with Gasteiger partial charge in [0.25, 0.3) is 0 Å². The Balaban J connectivity index is 1.43. The molecule has 0 saturated heterocycles. The van der Waals surface area contributed by atoms with Gasteiger partial charge < -0.3 is 9.72 Å². The number of rotatable bonds is 7. The Labute approximate surface area is 174 Å². The van der Waals surface area contributed by atoms with Crippen molar-refractivity contribution in [2.45, 2.75) is 44.7 Å². The minimum Gasteiger partial charge on any atom is -0.496 e. The summed E-state index contributed by atoms with van der Waals surface area (Å²) < 4.78 is 9.55. The van der Waals surface area contributed by atoms with E-state index in [2.05, 4.69) is 30.8 Å². The van der Waals surface area contributed by atoms with E-state index in [9.17, 15) is 0 Å². The first-order valence-corrected chi connectivity index (χ1v) is 10.2. The van der Waals surface area contributed by atoms with E-state index in [1.165, 1.54) is 0 Å². The van der Waals surface area contributed by atoms with Crippen LogP contribution in [0.5, 0.6) is 5.75 Å². The molecule has 1 aromatic carbocycles. The molecule has 4 heterocycles. The molecule has 0 spiro atoms. The molecule has 30 heavy (non-hydrogen) atoms. The molecule has 0 bridgehead atoms. The predicted octanol–water partition coefficient (Wildman–Crippen LogP) is 2.16. The number of nitrogens with one attached hydrogen (secondary N) is 1. The number of fused-ring (bicyclic) bond motifs is 1. The molecule has 3 aromatic heterocycles. The highest BCUT2D eigenvalue weighted by Crippen LogP contribution is 2.28. The van der Waals surface area contributed by atoms with Gasteiger partial charge in [0, 0.05) is 49.2 Å². The minimum atomic E-state index is 0.264. The van der Waals surface area contributed by atoms with Crippen LogP contribution in [-0.2, 0) is 32.4 Å². The van der Waals surface area contributed by atoms with Crippen LogP contribution in [0.25, 0.3) is 0 Å². The van der Waals surface area contributed by atoms with Gasteiger partial charge in [0.2, 0.25) is 0 Å². The van der Waals surface area contributed by atoms with Crippen LogP contribution in [-0.4, -0.2) is 46.6 Å². The second kappa shape index (κ2) is 8.10. The van der Waals surface area contributed by atoms with Crippen molar-refractivity contribution < 1.29 is 4.74 Å². The third kappa shape index (κ3) is 3.70. The zero-order chi connectivity index (χ0) is 20.3. The fraction of sp³-hybridized carbons (Fsp3) is 0.381. The van der Waals surface area contributed by atoms with Gasteiger partial charge in [0.1, 0.15) is 23.7 Å². The highest BCUT2D eigenvalue weighted by Gasteiger charge is 2.26. The number of imidazole rings is 1. The van der Waals surface area contributed by atoms with Gasteiger partial charge in [-0.25, -0.2) is 24.3 Å². The number of aryl methyl sites for hydroxylation is 3. The largest absolute Gasteiger partial charge is 0.496 e. The number of hydrogen-bond donors (Lipinski definition) is 1. The van der Waals surface area contributed by atoms with Crippen LogP contribution in [0.1, 0.15) is 41.1 Å². The van der Waals surface area contributed by atoms with Gasteiger partial charge in [-0.2, -0.15) is 10.2 Å². The van der Waals surface area contributed by atoms with Gasteiger partial charge in [-0.15, -0.1) is 0 Å². The summed E-state index contributed by atoms with van der Waals surface area (Å²) in [5, 5.41) is 9.23. The Morgan fingerprint density at radius 1 is 1.27 bits per heavy atom. The number of benzene rings is 1. The average Bonchev–Trinajstić information content (AvgIpc) is 3.52. The number of hydrogen-bond acceptors (Lipinski definition) is 6. The van der Waals surface area contributed by atoms with Gasteiger partial charge in [-0.05, 0) is 12.5 Å². The molecule has 0 fully saturated rings. The molecule has 9 heteroatoms. The lowest BCUT2D eigenvalue weighted by Crippen LogP contribution is -2.23. The monoisotopic (exact) mass is 404 g/mol. The molecular formula is C21H24N8O. The van der Waals surface area contributed by atoms with Gasteiger partial charge in [-0.1, -0.05) is 18.2 Å². The molecule has 1 aliphatic heterocycles. The van der Waals surface area contributed by atoms with Crippen LogP contribution in [0.4, 0.5) is 0 Å². The summed E-state index contributed by atoms with van der Waals surface area (Å²) in [6.45, 7) is 1.53. The van der Waals surface area contributed by atoms with Gasteiger partial charge in [-0.3, -0.25) is 0 Å². The number of H-pyrrole nitrogens is 1. The van der Waals surface area contributed by atoms with E-state index in [1.807, 2.05) is 29.1 Å². The predicted molar refractivity (Wildman–Crippen MR) is 109 cm³/mol. The lowest BCUT2D eigenvalue weighted by atomic mass is 9.99. The van der Waals surface area contributed by atoms with Gasteiger partial charge in [0.05, 0.1) is 20.0 Å². The number of aromatic nitrogens is 8. The summed E-state index contributed by atoms with van der Waals surface area (Å²) in [7, 11) is 1.69. The van der Waals surface area contributed by atoms with E-state index in [1.54, 1.807) is 19.8 Å². The van der Waals surface area contributed by atoms with Crippen LogP contribution < -0.4 is 4.74 Å². The maximum atomic E-state index is 5.51. The minimum absolute atomic E-state index is 0.264.